The third kappa shape index (κ3) is 19.9. The summed E-state index contributed by atoms with van der Waals surface area (Å²) in [5.41, 5.74) is 6.77. The van der Waals surface area contributed by atoms with Crippen molar-refractivity contribution >= 4 is 27.9 Å². The van der Waals surface area contributed by atoms with Crippen molar-refractivity contribution in [2.45, 2.75) is 93.9 Å². The Morgan fingerprint density at radius 3 is 2.15 bits per heavy atom. The van der Waals surface area contributed by atoms with Crippen LogP contribution >= 0.6 is 15.9 Å². The van der Waals surface area contributed by atoms with Crippen LogP contribution in [0.2, 0.25) is 0 Å². The number of aliphatic imine (C=N–C) groups is 2. The summed E-state index contributed by atoms with van der Waals surface area (Å²) >= 11 is 3.52. The second-order valence-corrected chi connectivity index (χ2v) is 10.2. The van der Waals surface area contributed by atoms with E-state index >= 15 is 0 Å². The Morgan fingerprint density at radius 1 is 1.10 bits per heavy atom. The number of hydrogen-bond acceptors (Lipinski definition) is 3. The van der Waals surface area contributed by atoms with Gasteiger partial charge in [-0.15, -0.1) is 0 Å². The van der Waals surface area contributed by atoms with Gasteiger partial charge in [-0.05, 0) is 98.7 Å². The second-order valence-electron chi connectivity index (χ2n) is 9.31. The van der Waals surface area contributed by atoms with Gasteiger partial charge in [-0.3, -0.25) is 9.98 Å². The predicted molar refractivity (Wildman–Crippen MR) is 180 cm³/mol. The van der Waals surface area contributed by atoms with Gasteiger partial charge in [-0.25, -0.2) is 0 Å². The van der Waals surface area contributed by atoms with E-state index in [0.29, 0.717) is 5.92 Å². The molecule has 1 unspecified atom stereocenters. The number of aryl methyl sites for hydroxylation is 1. The minimum absolute atomic E-state index is 0.540. The molecule has 0 saturated heterocycles. The number of allylic oxidation sites excluding steroid dienone is 9. The average Bonchev–Trinajstić information content (AvgIpc) is 2.94. The zero-order valence-electron chi connectivity index (χ0n) is 26.0. The Labute approximate surface area is 249 Å². The Bertz CT molecular complexity index is 1020. The fourth-order valence-corrected chi connectivity index (χ4v) is 3.66. The van der Waals surface area contributed by atoms with E-state index in [0.717, 1.165) is 35.0 Å². The van der Waals surface area contributed by atoms with Crippen molar-refractivity contribution in [3.05, 3.63) is 93.7 Å². The summed E-state index contributed by atoms with van der Waals surface area (Å²) in [6.07, 6.45) is 19.0. The highest BCUT2D eigenvalue weighted by atomic mass is 79.9. The van der Waals surface area contributed by atoms with Crippen molar-refractivity contribution < 1.29 is 0 Å². The number of benzene rings is 1. The van der Waals surface area contributed by atoms with Gasteiger partial charge in [0.15, 0.2) is 0 Å². The van der Waals surface area contributed by atoms with Gasteiger partial charge in [-0.2, -0.15) is 5.26 Å². The van der Waals surface area contributed by atoms with Crippen LogP contribution in [0, 0.1) is 17.2 Å². The molecule has 0 heterocycles. The summed E-state index contributed by atoms with van der Waals surface area (Å²) in [5, 5.41) is 8.45. The van der Waals surface area contributed by atoms with Crippen LogP contribution in [-0.4, -0.2) is 19.0 Å². The molecule has 0 aliphatic carbocycles. The summed E-state index contributed by atoms with van der Waals surface area (Å²) in [7, 11) is 1.77. The van der Waals surface area contributed by atoms with Crippen molar-refractivity contribution in [2.24, 2.45) is 15.9 Å². The molecule has 4 heteroatoms. The van der Waals surface area contributed by atoms with E-state index in [4.69, 9.17) is 10.3 Å². The zero-order valence-corrected chi connectivity index (χ0v) is 27.6. The molecule has 0 amide bonds. The van der Waals surface area contributed by atoms with Crippen molar-refractivity contribution in [2.75, 3.05) is 7.05 Å². The summed E-state index contributed by atoms with van der Waals surface area (Å²) in [6, 6.07) is 9.74. The van der Waals surface area contributed by atoms with Gasteiger partial charge in [0.25, 0.3) is 0 Å². The van der Waals surface area contributed by atoms with Gasteiger partial charge in [0.1, 0.15) is 0 Å². The highest BCUT2D eigenvalue weighted by Gasteiger charge is 2.12. The molecule has 3 nitrogen and oxygen atoms in total. The van der Waals surface area contributed by atoms with E-state index in [-0.39, 0.29) is 0 Å². The molecule has 0 bridgehead atoms. The quantitative estimate of drug-likeness (QED) is 0.175. The second kappa shape index (κ2) is 25.5. The normalized spacial score (nSPS) is 12.9. The minimum Gasteiger partial charge on any atom is -0.295 e. The molecule has 1 atom stereocenters. The molecule has 1 aromatic rings. The third-order valence-corrected chi connectivity index (χ3v) is 6.58. The molecular weight excluding hydrogens is 542 g/mol. The Kier molecular flexibility index (Phi) is 25.1. The van der Waals surface area contributed by atoms with Crippen molar-refractivity contribution in [1.82, 2.24) is 0 Å². The van der Waals surface area contributed by atoms with Crippen molar-refractivity contribution in [3.63, 3.8) is 0 Å². The first-order valence-corrected chi connectivity index (χ1v) is 14.9. The molecule has 1 aromatic carbocycles. The van der Waals surface area contributed by atoms with Crippen LogP contribution in [0.1, 0.15) is 98.6 Å². The van der Waals surface area contributed by atoms with E-state index in [1.54, 1.807) is 13.3 Å². The largest absolute Gasteiger partial charge is 0.295 e. The molecule has 0 N–H and O–H groups in total. The molecule has 0 aliphatic rings. The van der Waals surface area contributed by atoms with Gasteiger partial charge < -0.3 is 0 Å². The Morgan fingerprint density at radius 2 is 1.74 bits per heavy atom. The summed E-state index contributed by atoms with van der Waals surface area (Å²) in [6.45, 7) is 20.7. The fraction of sp³-hybridized carbons (Fsp3) is 0.457. The van der Waals surface area contributed by atoms with Gasteiger partial charge in [-0.1, -0.05) is 89.1 Å². The van der Waals surface area contributed by atoms with Crippen LogP contribution in [0.4, 0.5) is 0 Å². The first-order valence-electron chi connectivity index (χ1n) is 14.1. The number of nitriles is 1. The van der Waals surface area contributed by atoms with E-state index in [2.05, 4.69) is 87.3 Å². The standard InChI is InChI=1S/C17H29BrN2.C9H9N.C9H14/c1-7-9-10-15(8-2)17(11-13(3)4)20-14(5)16(18)12-19-6;1-2-8-3-5-9(7-10)6-4-8;1-4-7-8-9(5-2)6-3/h11-12,15H,7-10H2,1-6H3;3-6H,2H2,1H3;4-5,7-8H,2,6H2,1,3H3/b16-14-,19-12?,20-17?;;7-4-,9-8+. The molecule has 0 fully saturated rings. The topological polar surface area (TPSA) is 48.5 Å². The predicted octanol–water partition coefficient (Wildman–Crippen LogP) is 11.1. The van der Waals surface area contributed by atoms with Crippen LogP contribution in [0.25, 0.3) is 0 Å². The molecule has 0 saturated carbocycles. The maximum atomic E-state index is 8.45. The average molecular weight is 595 g/mol. The maximum absolute atomic E-state index is 8.45. The van der Waals surface area contributed by atoms with Crippen LogP contribution in [0.15, 0.2) is 92.5 Å². The monoisotopic (exact) mass is 593 g/mol. The lowest BCUT2D eigenvalue weighted by Gasteiger charge is -2.16. The fourth-order valence-electron chi connectivity index (χ4n) is 3.37. The molecule has 0 aliphatic heterocycles. The lowest BCUT2D eigenvalue weighted by Crippen LogP contribution is -2.12. The van der Waals surface area contributed by atoms with E-state index in [9.17, 15) is 0 Å². The molecule has 39 heavy (non-hydrogen) atoms. The highest BCUT2D eigenvalue weighted by molar-refractivity contribution is 9.12. The van der Waals surface area contributed by atoms with Crippen LogP contribution in [0.5, 0.6) is 0 Å². The van der Waals surface area contributed by atoms with E-state index in [1.807, 2.05) is 56.3 Å². The molecule has 1 rings (SSSR count). The molecule has 0 radical (unpaired) electrons. The van der Waals surface area contributed by atoms with Crippen molar-refractivity contribution in [3.8, 4) is 6.07 Å². The number of halogens is 1. The van der Waals surface area contributed by atoms with E-state index in [1.165, 1.54) is 41.7 Å². The van der Waals surface area contributed by atoms with E-state index < -0.39 is 0 Å². The molecule has 214 valence electrons. The number of hydrogen-bond donors (Lipinski definition) is 0. The first-order chi connectivity index (χ1) is 18.7. The Balaban J connectivity index is 0. The van der Waals surface area contributed by atoms with Crippen molar-refractivity contribution in [1.29, 1.82) is 5.26 Å². The van der Waals surface area contributed by atoms with Crippen LogP contribution < -0.4 is 0 Å². The van der Waals surface area contributed by atoms with Crippen LogP contribution in [0.3, 0.4) is 0 Å². The first kappa shape index (κ1) is 38.4. The number of rotatable bonds is 12. The van der Waals surface area contributed by atoms with Gasteiger partial charge in [0, 0.05) is 24.9 Å². The molecule has 0 spiro atoms. The summed E-state index contributed by atoms with van der Waals surface area (Å²) < 4.78 is 0.949. The highest BCUT2D eigenvalue weighted by Crippen LogP contribution is 2.20. The number of nitrogens with zero attached hydrogens (tertiary/aromatic N) is 3. The number of unbranched alkanes of at least 4 members (excludes halogenated alkanes) is 1. The van der Waals surface area contributed by atoms with Gasteiger partial charge in [0.05, 0.1) is 21.8 Å². The lowest BCUT2D eigenvalue weighted by molar-refractivity contribution is 0.569. The zero-order chi connectivity index (χ0) is 30.1. The van der Waals surface area contributed by atoms with Gasteiger partial charge >= 0.3 is 0 Å². The van der Waals surface area contributed by atoms with Gasteiger partial charge in [0.2, 0.25) is 0 Å². The smallest absolute Gasteiger partial charge is 0.0991 e. The third-order valence-electron chi connectivity index (χ3n) is 5.80. The Hall–Kier alpha value is -2.77. The summed E-state index contributed by atoms with van der Waals surface area (Å²) in [5.74, 6) is 0.540. The van der Waals surface area contributed by atoms with Crippen LogP contribution in [-0.2, 0) is 6.42 Å². The lowest BCUT2D eigenvalue weighted by atomic mass is 9.93. The molecule has 0 aromatic heterocycles. The SMILES string of the molecule is C=C/C(=C\C=C/C)CC.CCCCC(CC)C(C=C(C)C)=N/C(C)=C(\Br)C=NC.CCc1ccc(C#N)cc1. The molecular formula is C35H52BrN3. The summed E-state index contributed by atoms with van der Waals surface area (Å²) in [4.78, 5) is 8.87. The maximum Gasteiger partial charge on any atom is 0.0991 e. The minimum atomic E-state index is 0.540.